The summed E-state index contributed by atoms with van der Waals surface area (Å²) in [6.07, 6.45) is 10.9. The Morgan fingerprint density at radius 3 is 1.86 bits per heavy atom. The Kier molecular flexibility index (Phi) is 8.34. The van der Waals surface area contributed by atoms with Crippen LogP contribution in [-0.2, 0) is 0 Å². The smallest absolute Gasteiger partial charge is 0.222 e. The fourth-order valence-electron chi connectivity index (χ4n) is 5.39. The Balaban J connectivity index is 1.70. The molecule has 1 saturated carbocycles. The highest BCUT2D eigenvalue weighted by Crippen LogP contribution is 2.47. The van der Waals surface area contributed by atoms with Crippen LogP contribution in [0.15, 0.2) is 36.7 Å². The molecule has 0 aliphatic heterocycles. The lowest BCUT2D eigenvalue weighted by Gasteiger charge is -2.23. The lowest BCUT2D eigenvalue weighted by Crippen LogP contribution is -2.16. The summed E-state index contributed by atoms with van der Waals surface area (Å²) in [7, 11) is 3.46. The second kappa shape index (κ2) is 11.6. The molecule has 2 N–H and O–H groups in total. The van der Waals surface area contributed by atoms with Crippen molar-refractivity contribution in [3.05, 3.63) is 47.8 Å². The monoisotopic (exact) mass is 488 g/mol. The van der Waals surface area contributed by atoms with Gasteiger partial charge in [0.2, 0.25) is 5.95 Å². The maximum absolute atomic E-state index is 5.99. The van der Waals surface area contributed by atoms with E-state index in [2.05, 4.69) is 72.6 Å². The summed E-state index contributed by atoms with van der Waals surface area (Å²) in [6, 6.07) is 9.56. The number of ether oxygens (including phenoxy) is 2. The molecule has 4 rings (SSSR count). The molecule has 1 aromatic heterocycles. The maximum Gasteiger partial charge on any atom is 0.222 e. The summed E-state index contributed by atoms with van der Waals surface area (Å²) in [4.78, 5) is 9.25. The molecule has 0 radical (unpaired) electrons. The molecular weight excluding hydrogens is 448 g/mol. The van der Waals surface area contributed by atoms with Crippen LogP contribution in [0.25, 0.3) is 22.3 Å². The van der Waals surface area contributed by atoms with Crippen LogP contribution in [0.5, 0.6) is 11.5 Å². The lowest BCUT2D eigenvalue weighted by atomic mass is 9.90. The summed E-state index contributed by atoms with van der Waals surface area (Å²) in [5.41, 5.74) is 7.20. The first-order chi connectivity index (χ1) is 17.5. The molecule has 1 heterocycles. The van der Waals surface area contributed by atoms with Gasteiger partial charge in [0.25, 0.3) is 0 Å². The number of methoxy groups -OCH3 is 2. The molecule has 6 nitrogen and oxygen atoms in total. The van der Waals surface area contributed by atoms with Gasteiger partial charge in [0.1, 0.15) is 11.5 Å². The molecule has 0 unspecified atom stereocenters. The van der Waals surface area contributed by atoms with Crippen LogP contribution in [0.4, 0.5) is 11.6 Å². The van der Waals surface area contributed by atoms with Crippen molar-refractivity contribution >= 4 is 11.6 Å². The molecule has 1 fully saturated rings. The topological polar surface area (TPSA) is 68.3 Å². The number of hydrogen-bond donors (Lipinski definition) is 2. The second-order valence-electron chi connectivity index (χ2n) is 9.72. The van der Waals surface area contributed by atoms with Gasteiger partial charge in [-0.25, -0.2) is 9.97 Å². The molecule has 192 valence electrons. The third-order valence-corrected chi connectivity index (χ3v) is 7.45. The molecule has 2 aromatic carbocycles. The number of nitrogens with one attached hydrogen (secondary N) is 2. The molecule has 1 aliphatic rings. The summed E-state index contributed by atoms with van der Waals surface area (Å²) in [5.74, 6) is 2.35. The van der Waals surface area contributed by atoms with Gasteiger partial charge in [-0.15, -0.1) is 0 Å². The normalized spacial score (nSPS) is 13.8. The van der Waals surface area contributed by atoms with Gasteiger partial charge in [-0.2, -0.15) is 0 Å². The van der Waals surface area contributed by atoms with E-state index in [-0.39, 0.29) is 0 Å². The number of anilines is 2. The van der Waals surface area contributed by atoms with E-state index in [1.54, 1.807) is 14.2 Å². The lowest BCUT2D eigenvalue weighted by molar-refractivity contribution is 0.401. The zero-order valence-electron chi connectivity index (χ0n) is 22.6. The molecular formula is C30H40N4O2. The van der Waals surface area contributed by atoms with Crippen molar-refractivity contribution in [3.63, 3.8) is 0 Å². The van der Waals surface area contributed by atoms with E-state index < -0.39 is 0 Å². The third-order valence-electron chi connectivity index (χ3n) is 7.45. The Hall–Kier alpha value is -3.28. The second-order valence-corrected chi connectivity index (χ2v) is 9.72. The van der Waals surface area contributed by atoms with Crippen molar-refractivity contribution in [2.75, 3.05) is 24.9 Å². The Bertz CT molecular complexity index is 1070. The van der Waals surface area contributed by atoms with Crippen molar-refractivity contribution in [2.45, 2.75) is 78.3 Å². The molecule has 0 bridgehead atoms. The van der Waals surface area contributed by atoms with Crippen molar-refractivity contribution < 1.29 is 9.47 Å². The zero-order valence-corrected chi connectivity index (χ0v) is 22.6. The molecule has 0 spiro atoms. The molecule has 1 aliphatic carbocycles. The van der Waals surface area contributed by atoms with E-state index in [9.17, 15) is 0 Å². The highest BCUT2D eigenvalue weighted by molar-refractivity contribution is 5.88. The first-order valence-electron chi connectivity index (χ1n) is 13.2. The quantitative estimate of drug-likeness (QED) is 0.310. The molecule has 0 saturated heterocycles. The number of rotatable bonds is 10. The van der Waals surface area contributed by atoms with Gasteiger partial charge in [-0.3, -0.25) is 0 Å². The first kappa shape index (κ1) is 25.8. The molecule has 6 heteroatoms. The highest BCUT2D eigenvalue weighted by atomic mass is 16.5. The van der Waals surface area contributed by atoms with E-state index in [1.165, 1.54) is 25.7 Å². The predicted octanol–water partition coefficient (Wildman–Crippen LogP) is 7.40. The Labute approximate surface area is 215 Å². The van der Waals surface area contributed by atoms with E-state index in [0.29, 0.717) is 18.0 Å². The third kappa shape index (κ3) is 5.28. The van der Waals surface area contributed by atoms with Crippen molar-refractivity contribution in [3.8, 4) is 33.8 Å². The van der Waals surface area contributed by atoms with Crippen LogP contribution >= 0.6 is 0 Å². The SMILES string of the molecule is CCC(CC)Nc1ccc(-c2c(C)c(OC)c(-c3cnc(NC4CCCC4)nc3)c(C)c2OC)cc1. The van der Waals surface area contributed by atoms with Gasteiger partial charge in [0, 0.05) is 58.0 Å². The van der Waals surface area contributed by atoms with Gasteiger partial charge >= 0.3 is 0 Å². The van der Waals surface area contributed by atoms with Crippen LogP contribution in [0, 0.1) is 13.8 Å². The average Bonchev–Trinajstić information content (AvgIpc) is 3.42. The predicted molar refractivity (Wildman–Crippen MR) is 149 cm³/mol. The van der Waals surface area contributed by atoms with Crippen molar-refractivity contribution in [1.82, 2.24) is 9.97 Å². The van der Waals surface area contributed by atoms with Crippen LogP contribution in [0.2, 0.25) is 0 Å². The van der Waals surface area contributed by atoms with Gasteiger partial charge in [-0.1, -0.05) is 38.8 Å². The standard InChI is InChI=1S/C30H40N4O2/c1-7-23(8-2)33-25-15-13-21(14-16-25)26-19(3)29(36-6)27(20(4)28(26)35-5)22-17-31-30(32-18-22)34-24-11-9-10-12-24/h13-18,23-24,33H,7-12H2,1-6H3,(H,31,32,34). The number of hydrogen-bond acceptors (Lipinski definition) is 6. The molecule has 36 heavy (non-hydrogen) atoms. The largest absolute Gasteiger partial charge is 0.496 e. The van der Waals surface area contributed by atoms with E-state index >= 15 is 0 Å². The van der Waals surface area contributed by atoms with Crippen LogP contribution in [0.3, 0.4) is 0 Å². The highest BCUT2D eigenvalue weighted by Gasteiger charge is 2.24. The molecule has 3 aromatic rings. The molecule has 0 amide bonds. The summed E-state index contributed by atoms with van der Waals surface area (Å²) in [6.45, 7) is 8.59. The van der Waals surface area contributed by atoms with Crippen molar-refractivity contribution in [2.24, 2.45) is 0 Å². The van der Waals surface area contributed by atoms with Gasteiger partial charge in [-0.05, 0) is 57.2 Å². The minimum Gasteiger partial charge on any atom is -0.496 e. The first-order valence-corrected chi connectivity index (χ1v) is 13.2. The van der Waals surface area contributed by atoms with Gasteiger partial charge in [0.05, 0.1) is 14.2 Å². The van der Waals surface area contributed by atoms with Crippen molar-refractivity contribution in [1.29, 1.82) is 0 Å². The zero-order chi connectivity index (χ0) is 25.7. The van der Waals surface area contributed by atoms with Crippen LogP contribution < -0.4 is 20.1 Å². The average molecular weight is 489 g/mol. The minimum absolute atomic E-state index is 0.477. The molecule has 0 atom stereocenters. The van der Waals surface area contributed by atoms with Gasteiger partial charge in [0.15, 0.2) is 0 Å². The summed E-state index contributed by atoms with van der Waals surface area (Å²) in [5, 5.41) is 7.08. The Morgan fingerprint density at radius 2 is 1.36 bits per heavy atom. The van der Waals surface area contributed by atoms with Gasteiger partial charge < -0.3 is 20.1 Å². The maximum atomic E-state index is 5.99. The van der Waals surface area contributed by atoms with E-state index in [1.807, 2.05) is 12.4 Å². The number of benzene rings is 2. The summed E-state index contributed by atoms with van der Waals surface area (Å²) >= 11 is 0. The fraction of sp³-hybridized carbons (Fsp3) is 0.467. The van der Waals surface area contributed by atoms with Crippen LogP contribution in [-0.4, -0.2) is 36.3 Å². The fourth-order valence-corrected chi connectivity index (χ4v) is 5.39. The number of nitrogens with zero attached hydrogens (tertiary/aromatic N) is 2. The van der Waals surface area contributed by atoms with Crippen LogP contribution in [0.1, 0.15) is 63.5 Å². The minimum atomic E-state index is 0.477. The van der Waals surface area contributed by atoms with E-state index in [4.69, 9.17) is 9.47 Å². The number of aromatic nitrogens is 2. The summed E-state index contributed by atoms with van der Waals surface area (Å²) < 4.78 is 12.0. The van der Waals surface area contributed by atoms with E-state index in [0.717, 1.165) is 63.4 Å². The Morgan fingerprint density at radius 1 is 0.833 bits per heavy atom.